The third-order valence-electron chi connectivity index (χ3n) is 2.51. The van der Waals surface area contributed by atoms with Crippen molar-refractivity contribution in [2.24, 2.45) is 0 Å². The monoisotopic (exact) mass is 249 g/mol. The van der Waals surface area contributed by atoms with Crippen LogP contribution in [0.3, 0.4) is 0 Å². The molecule has 2 heterocycles. The number of aromatic carboxylic acids is 1. The van der Waals surface area contributed by atoms with Crippen LogP contribution in [0, 0.1) is 6.92 Å². The van der Waals surface area contributed by atoms with Gasteiger partial charge in [0.15, 0.2) is 0 Å². The summed E-state index contributed by atoms with van der Waals surface area (Å²) in [4.78, 5) is 23.5. The lowest BCUT2D eigenvalue weighted by molar-refractivity contribution is 0.0696. The van der Waals surface area contributed by atoms with Gasteiger partial charge >= 0.3 is 5.97 Å². The van der Waals surface area contributed by atoms with Gasteiger partial charge in [0.05, 0.1) is 12.1 Å². The average molecular weight is 249 g/mol. The molecule has 17 heavy (non-hydrogen) atoms. The second kappa shape index (κ2) is 4.55. The highest BCUT2D eigenvalue weighted by Gasteiger charge is 2.07. The van der Waals surface area contributed by atoms with Crippen molar-refractivity contribution in [1.29, 1.82) is 0 Å². The summed E-state index contributed by atoms with van der Waals surface area (Å²) in [7, 11) is 0. The zero-order chi connectivity index (χ0) is 12.4. The summed E-state index contributed by atoms with van der Waals surface area (Å²) < 4.78 is 1.42. The smallest absolute Gasteiger partial charge is 0.337 e. The molecule has 0 saturated carbocycles. The molecular weight excluding hydrogens is 238 g/mol. The molecule has 2 aromatic heterocycles. The molecule has 0 aromatic carbocycles. The van der Waals surface area contributed by atoms with Gasteiger partial charge in [-0.15, -0.1) is 11.3 Å². The van der Waals surface area contributed by atoms with Gasteiger partial charge in [-0.1, -0.05) is 0 Å². The van der Waals surface area contributed by atoms with E-state index in [4.69, 9.17) is 5.11 Å². The molecule has 0 atom stereocenters. The van der Waals surface area contributed by atoms with E-state index < -0.39 is 5.97 Å². The Kier molecular flexibility index (Phi) is 3.10. The molecule has 0 radical (unpaired) electrons. The first-order chi connectivity index (χ1) is 8.08. The van der Waals surface area contributed by atoms with E-state index in [1.54, 1.807) is 11.3 Å². The number of thiophene rings is 1. The summed E-state index contributed by atoms with van der Waals surface area (Å²) in [6, 6.07) is 4.58. The van der Waals surface area contributed by atoms with Crippen molar-refractivity contribution < 1.29 is 9.90 Å². The molecule has 0 saturated heterocycles. The third kappa shape index (κ3) is 2.45. The van der Waals surface area contributed by atoms with Crippen LogP contribution in [0.5, 0.6) is 0 Å². The number of hydrogen-bond acceptors (Lipinski definition) is 3. The number of carbonyl (C=O) groups is 1. The summed E-state index contributed by atoms with van der Waals surface area (Å²) in [5, 5.41) is 10.8. The molecule has 1 N–H and O–H groups in total. The maximum Gasteiger partial charge on any atom is 0.337 e. The van der Waals surface area contributed by atoms with Gasteiger partial charge in [-0.2, -0.15) is 0 Å². The number of pyridine rings is 1. The number of aryl methyl sites for hydroxylation is 1. The fourth-order valence-electron chi connectivity index (χ4n) is 1.50. The van der Waals surface area contributed by atoms with Gasteiger partial charge in [0.1, 0.15) is 0 Å². The molecule has 0 unspecified atom stereocenters. The Morgan fingerprint density at radius 3 is 2.76 bits per heavy atom. The molecule has 5 heteroatoms. The maximum atomic E-state index is 11.6. The van der Waals surface area contributed by atoms with E-state index in [-0.39, 0.29) is 11.1 Å². The van der Waals surface area contributed by atoms with E-state index in [0.717, 1.165) is 10.4 Å². The molecule has 4 nitrogen and oxygen atoms in total. The molecule has 88 valence electrons. The van der Waals surface area contributed by atoms with Gasteiger partial charge in [0.25, 0.3) is 5.56 Å². The standard InChI is InChI=1S/C12H11NO3S/c1-8-4-5-17-10(8)7-13-6-9(12(15)16)2-3-11(13)14/h2-6H,7H2,1H3,(H,15,16). The van der Waals surface area contributed by atoms with Gasteiger partial charge in [0.2, 0.25) is 0 Å². The van der Waals surface area contributed by atoms with E-state index >= 15 is 0 Å². The largest absolute Gasteiger partial charge is 0.478 e. The molecule has 0 aliphatic carbocycles. The normalized spacial score (nSPS) is 10.4. The van der Waals surface area contributed by atoms with Crippen LogP contribution in [0.1, 0.15) is 20.8 Å². The second-order valence-electron chi connectivity index (χ2n) is 3.72. The Morgan fingerprint density at radius 1 is 1.41 bits per heavy atom. The Balaban J connectivity index is 2.39. The van der Waals surface area contributed by atoms with Gasteiger partial charge in [-0.25, -0.2) is 4.79 Å². The third-order valence-corrected chi connectivity index (χ3v) is 3.52. The number of carboxylic acid groups (broad SMARTS) is 1. The summed E-state index contributed by atoms with van der Waals surface area (Å²) in [5.74, 6) is -1.03. The van der Waals surface area contributed by atoms with Crippen LogP contribution in [0.15, 0.2) is 34.6 Å². The van der Waals surface area contributed by atoms with Gasteiger partial charge in [-0.3, -0.25) is 4.79 Å². The molecule has 0 aliphatic heterocycles. The fraction of sp³-hybridized carbons (Fsp3) is 0.167. The Morgan fingerprint density at radius 2 is 2.18 bits per heavy atom. The van der Waals surface area contributed by atoms with Crippen LogP contribution in [-0.4, -0.2) is 15.6 Å². The summed E-state index contributed by atoms with van der Waals surface area (Å²) >= 11 is 1.56. The first kappa shape index (κ1) is 11.6. The van der Waals surface area contributed by atoms with Crippen LogP contribution in [0.2, 0.25) is 0 Å². The van der Waals surface area contributed by atoms with Crippen LogP contribution in [-0.2, 0) is 6.54 Å². The zero-order valence-corrected chi connectivity index (χ0v) is 10.0. The average Bonchev–Trinajstić information content (AvgIpc) is 2.67. The lowest BCUT2D eigenvalue weighted by Crippen LogP contribution is -2.20. The van der Waals surface area contributed by atoms with Crippen molar-refractivity contribution in [1.82, 2.24) is 4.57 Å². The highest BCUT2D eigenvalue weighted by molar-refractivity contribution is 7.10. The minimum Gasteiger partial charge on any atom is -0.478 e. The molecule has 0 spiro atoms. The van der Waals surface area contributed by atoms with Gasteiger partial charge in [-0.05, 0) is 30.0 Å². The van der Waals surface area contributed by atoms with Crippen molar-refractivity contribution in [3.8, 4) is 0 Å². The molecule has 0 fully saturated rings. The van der Waals surface area contributed by atoms with E-state index in [9.17, 15) is 9.59 Å². The molecule has 2 aromatic rings. The number of hydrogen-bond donors (Lipinski definition) is 1. The predicted octanol–water partition coefficient (Wildman–Crippen LogP) is 1.96. The number of rotatable bonds is 3. The lowest BCUT2D eigenvalue weighted by Gasteiger charge is -2.05. The van der Waals surface area contributed by atoms with E-state index in [1.807, 2.05) is 18.4 Å². The maximum absolute atomic E-state index is 11.6. The highest BCUT2D eigenvalue weighted by Crippen LogP contribution is 2.16. The van der Waals surface area contributed by atoms with Crippen molar-refractivity contribution in [2.75, 3.05) is 0 Å². The Labute approximate surface area is 102 Å². The lowest BCUT2D eigenvalue weighted by atomic mass is 10.2. The van der Waals surface area contributed by atoms with Crippen LogP contribution in [0.25, 0.3) is 0 Å². The van der Waals surface area contributed by atoms with Crippen molar-refractivity contribution in [2.45, 2.75) is 13.5 Å². The van der Waals surface area contributed by atoms with Crippen molar-refractivity contribution >= 4 is 17.3 Å². The molecule has 0 aliphatic rings. The first-order valence-electron chi connectivity index (χ1n) is 5.04. The van der Waals surface area contributed by atoms with Gasteiger partial charge in [0, 0.05) is 17.1 Å². The highest BCUT2D eigenvalue weighted by atomic mass is 32.1. The summed E-state index contributed by atoms with van der Waals surface area (Å²) in [6.45, 7) is 2.39. The number of carboxylic acids is 1. The SMILES string of the molecule is Cc1ccsc1Cn1cc(C(=O)O)ccc1=O. The van der Waals surface area contributed by atoms with E-state index in [2.05, 4.69) is 0 Å². The minimum absolute atomic E-state index is 0.124. The molecule has 0 amide bonds. The molecule has 0 bridgehead atoms. The Hall–Kier alpha value is -1.88. The second-order valence-corrected chi connectivity index (χ2v) is 4.72. The van der Waals surface area contributed by atoms with Crippen molar-refractivity contribution in [3.05, 3.63) is 56.1 Å². The van der Waals surface area contributed by atoms with E-state index in [1.165, 1.54) is 22.9 Å². The zero-order valence-electron chi connectivity index (χ0n) is 9.21. The van der Waals surface area contributed by atoms with Crippen molar-refractivity contribution in [3.63, 3.8) is 0 Å². The molecule has 2 rings (SSSR count). The number of nitrogens with zero attached hydrogens (tertiary/aromatic N) is 1. The predicted molar refractivity (Wildman–Crippen MR) is 65.8 cm³/mol. The fourth-order valence-corrected chi connectivity index (χ4v) is 2.41. The summed E-state index contributed by atoms with van der Waals surface area (Å²) in [6.07, 6.45) is 1.38. The quantitative estimate of drug-likeness (QED) is 0.904. The molecular formula is C12H11NO3S. The topological polar surface area (TPSA) is 59.3 Å². The summed E-state index contributed by atoms with van der Waals surface area (Å²) in [5.41, 5.74) is 1.05. The Bertz CT molecular complexity index is 612. The number of aromatic nitrogens is 1. The van der Waals surface area contributed by atoms with Crippen LogP contribution in [0.4, 0.5) is 0 Å². The minimum atomic E-state index is -1.03. The van der Waals surface area contributed by atoms with Gasteiger partial charge < -0.3 is 9.67 Å². The van der Waals surface area contributed by atoms with E-state index in [0.29, 0.717) is 6.54 Å². The van der Waals surface area contributed by atoms with Crippen LogP contribution < -0.4 is 5.56 Å². The first-order valence-corrected chi connectivity index (χ1v) is 5.92. The van der Waals surface area contributed by atoms with Crippen LogP contribution >= 0.6 is 11.3 Å².